The molecule has 1 amide bonds. The molecule has 0 bridgehead atoms. The summed E-state index contributed by atoms with van der Waals surface area (Å²) in [6.07, 6.45) is 7.18. The first-order chi connectivity index (χ1) is 14.2. The molecule has 0 radical (unpaired) electrons. The van der Waals surface area contributed by atoms with Crippen LogP contribution in [0.5, 0.6) is 0 Å². The number of nitrogens with one attached hydrogen (secondary N) is 1. The van der Waals surface area contributed by atoms with Crippen LogP contribution in [-0.2, 0) is 24.3 Å². The standard InChI is InChI=1S/C24H28N4O/c1-27(15-20-14-25-28(17-20)16-19-8-3-2-4-9-19)18-24(29)26-23-13-7-11-21-10-5-6-12-22(21)23/h2-6,8-10,12,14,17,23H,7,11,13,15-16,18H2,1H3,(H,26,29). The average molecular weight is 389 g/mol. The van der Waals surface area contributed by atoms with Gasteiger partial charge in [0.05, 0.1) is 25.3 Å². The molecule has 1 aromatic heterocycles. The summed E-state index contributed by atoms with van der Waals surface area (Å²) in [6.45, 7) is 1.83. The van der Waals surface area contributed by atoms with Crippen molar-refractivity contribution in [1.29, 1.82) is 0 Å². The number of likely N-dealkylation sites (N-methyl/N-ethyl adjacent to an activating group) is 1. The molecule has 0 saturated heterocycles. The molecule has 5 heteroatoms. The Morgan fingerprint density at radius 2 is 1.93 bits per heavy atom. The molecule has 29 heavy (non-hydrogen) atoms. The van der Waals surface area contributed by atoms with Crippen LogP contribution in [-0.4, -0.2) is 34.2 Å². The summed E-state index contributed by atoms with van der Waals surface area (Å²) < 4.78 is 1.94. The van der Waals surface area contributed by atoms with Gasteiger partial charge in [0.1, 0.15) is 0 Å². The predicted molar refractivity (Wildman–Crippen MR) is 114 cm³/mol. The van der Waals surface area contributed by atoms with Crippen molar-refractivity contribution in [1.82, 2.24) is 20.0 Å². The molecule has 3 aromatic rings. The van der Waals surface area contributed by atoms with Crippen molar-refractivity contribution in [3.63, 3.8) is 0 Å². The van der Waals surface area contributed by atoms with Crippen LogP contribution >= 0.6 is 0 Å². The highest BCUT2D eigenvalue weighted by Crippen LogP contribution is 2.29. The highest BCUT2D eigenvalue weighted by Gasteiger charge is 2.21. The fraction of sp³-hybridized carbons (Fsp3) is 0.333. The molecule has 0 spiro atoms. The third-order valence-corrected chi connectivity index (χ3v) is 5.44. The van der Waals surface area contributed by atoms with Gasteiger partial charge in [-0.05, 0) is 43.0 Å². The summed E-state index contributed by atoms with van der Waals surface area (Å²) >= 11 is 0. The van der Waals surface area contributed by atoms with E-state index in [1.165, 1.54) is 16.7 Å². The van der Waals surface area contributed by atoms with Gasteiger partial charge in [0.25, 0.3) is 0 Å². The number of hydrogen-bond donors (Lipinski definition) is 1. The maximum absolute atomic E-state index is 12.6. The number of carbonyl (C=O) groups is 1. The second kappa shape index (κ2) is 9.05. The number of aromatic nitrogens is 2. The Balaban J connectivity index is 1.29. The Kier molecular flexibility index (Phi) is 6.06. The maximum atomic E-state index is 12.6. The first-order valence-electron chi connectivity index (χ1n) is 10.3. The van der Waals surface area contributed by atoms with Gasteiger partial charge in [0.2, 0.25) is 5.91 Å². The molecule has 1 N–H and O–H groups in total. The molecule has 0 saturated carbocycles. The second-order valence-corrected chi connectivity index (χ2v) is 7.92. The van der Waals surface area contributed by atoms with Gasteiger partial charge in [-0.3, -0.25) is 14.4 Å². The van der Waals surface area contributed by atoms with Crippen LogP contribution in [0.3, 0.4) is 0 Å². The minimum atomic E-state index is 0.0749. The molecule has 5 nitrogen and oxygen atoms in total. The van der Waals surface area contributed by atoms with Gasteiger partial charge in [-0.2, -0.15) is 5.10 Å². The SMILES string of the molecule is CN(CC(=O)NC1CCCc2ccccc21)Cc1cnn(Cc2ccccc2)c1. The summed E-state index contributed by atoms with van der Waals surface area (Å²) in [5.74, 6) is 0.0749. The second-order valence-electron chi connectivity index (χ2n) is 7.92. The van der Waals surface area contributed by atoms with E-state index >= 15 is 0 Å². The van der Waals surface area contributed by atoms with Crippen molar-refractivity contribution in [2.24, 2.45) is 0 Å². The minimum Gasteiger partial charge on any atom is -0.348 e. The molecular formula is C24H28N4O. The molecule has 1 heterocycles. The van der Waals surface area contributed by atoms with E-state index in [4.69, 9.17) is 0 Å². The zero-order valence-corrected chi connectivity index (χ0v) is 16.9. The Morgan fingerprint density at radius 3 is 2.79 bits per heavy atom. The van der Waals surface area contributed by atoms with Gasteiger partial charge in [-0.25, -0.2) is 0 Å². The molecule has 0 aliphatic heterocycles. The molecule has 4 rings (SSSR count). The minimum absolute atomic E-state index is 0.0749. The van der Waals surface area contributed by atoms with Gasteiger partial charge >= 0.3 is 0 Å². The number of benzene rings is 2. The van der Waals surface area contributed by atoms with E-state index in [1.54, 1.807) is 0 Å². The number of hydrogen-bond acceptors (Lipinski definition) is 3. The monoisotopic (exact) mass is 388 g/mol. The lowest BCUT2D eigenvalue weighted by Gasteiger charge is -2.27. The highest BCUT2D eigenvalue weighted by atomic mass is 16.2. The number of carbonyl (C=O) groups excluding carboxylic acids is 1. The van der Waals surface area contributed by atoms with Gasteiger partial charge < -0.3 is 5.32 Å². The quantitative estimate of drug-likeness (QED) is 0.673. The molecule has 2 aromatic carbocycles. The fourth-order valence-electron chi connectivity index (χ4n) is 4.10. The normalized spacial score (nSPS) is 15.9. The summed E-state index contributed by atoms with van der Waals surface area (Å²) in [4.78, 5) is 14.6. The van der Waals surface area contributed by atoms with Crippen molar-refractivity contribution >= 4 is 5.91 Å². The van der Waals surface area contributed by atoms with Crippen molar-refractivity contribution in [2.75, 3.05) is 13.6 Å². The lowest BCUT2D eigenvalue weighted by molar-refractivity contribution is -0.122. The van der Waals surface area contributed by atoms with Gasteiger partial charge in [0, 0.05) is 18.3 Å². The van der Waals surface area contributed by atoms with E-state index < -0.39 is 0 Å². The van der Waals surface area contributed by atoms with E-state index in [9.17, 15) is 4.79 Å². The van der Waals surface area contributed by atoms with Crippen LogP contribution in [0.25, 0.3) is 0 Å². The van der Waals surface area contributed by atoms with Crippen LogP contribution < -0.4 is 5.32 Å². The van der Waals surface area contributed by atoms with Crippen LogP contribution in [0, 0.1) is 0 Å². The first kappa shape index (κ1) is 19.4. The Morgan fingerprint density at radius 1 is 1.14 bits per heavy atom. The highest BCUT2D eigenvalue weighted by molar-refractivity contribution is 5.78. The van der Waals surface area contributed by atoms with Gasteiger partial charge in [0.15, 0.2) is 0 Å². The largest absolute Gasteiger partial charge is 0.348 e. The fourth-order valence-corrected chi connectivity index (χ4v) is 4.10. The maximum Gasteiger partial charge on any atom is 0.234 e. The van der Waals surface area contributed by atoms with Gasteiger partial charge in [-0.1, -0.05) is 54.6 Å². The Bertz CT molecular complexity index is 950. The topological polar surface area (TPSA) is 50.2 Å². The zero-order valence-electron chi connectivity index (χ0n) is 16.9. The van der Waals surface area contributed by atoms with Crippen molar-refractivity contribution in [3.05, 3.63) is 89.2 Å². The van der Waals surface area contributed by atoms with Gasteiger partial charge in [-0.15, -0.1) is 0 Å². The van der Waals surface area contributed by atoms with E-state index in [-0.39, 0.29) is 11.9 Å². The third-order valence-electron chi connectivity index (χ3n) is 5.44. The first-order valence-corrected chi connectivity index (χ1v) is 10.3. The van der Waals surface area contributed by atoms with Crippen LogP contribution in [0.2, 0.25) is 0 Å². The summed E-state index contributed by atoms with van der Waals surface area (Å²) in [5.41, 5.74) is 4.97. The number of amides is 1. The molecule has 1 unspecified atom stereocenters. The number of fused-ring (bicyclic) bond motifs is 1. The van der Waals surface area contributed by atoms with Crippen LogP contribution in [0.15, 0.2) is 67.0 Å². The summed E-state index contributed by atoms with van der Waals surface area (Å²) in [6, 6.07) is 18.9. The van der Waals surface area contributed by atoms with E-state index in [2.05, 4.69) is 53.0 Å². The van der Waals surface area contributed by atoms with Crippen LogP contribution in [0.1, 0.15) is 41.1 Å². The number of nitrogens with zero attached hydrogens (tertiary/aromatic N) is 3. The molecule has 0 fully saturated rings. The van der Waals surface area contributed by atoms with Crippen molar-refractivity contribution < 1.29 is 4.79 Å². The van der Waals surface area contributed by atoms with E-state index in [0.29, 0.717) is 13.1 Å². The summed E-state index contributed by atoms with van der Waals surface area (Å²) in [7, 11) is 1.98. The average Bonchev–Trinajstić information content (AvgIpc) is 3.15. The number of rotatable bonds is 7. The zero-order chi connectivity index (χ0) is 20.1. The summed E-state index contributed by atoms with van der Waals surface area (Å²) in [5, 5.41) is 7.68. The van der Waals surface area contributed by atoms with E-state index in [0.717, 1.165) is 31.4 Å². The smallest absolute Gasteiger partial charge is 0.234 e. The molecule has 1 aliphatic rings. The third kappa shape index (κ3) is 5.12. The Labute approximate surface area is 172 Å². The molecule has 150 valence electrons. The van der Waals surface area contributed by atoms with E-state index in [1.807, 2.05) is 41.0 Å². The molecule has 1 aliphatic carbocycles. The molecular weight excluding hydrogens is 360 g/mol. The van der Waals surface area contributed by atoms with Crippen molar-refractivity contribution in [3.8, 4) is 0 Å². The lowest BCUT2D eigenvalue weighted by Crippen LogP contribution is -2.38. The van der Waals surface area contributed by atoms with Crippen molar-refractivity contribution in [2.45, 2.75) is 38.4 Å². The Hall–Kier alpha value is -2.92. The number of aryl methyl sites for hydroxylation is 1. The molecule has 1 atom stereocenters. The lowest BCUT2D eigenvalue weighted by atomic mass is 9.88. The predicted octanol–water partition coefficient (Wildman–Crippen LogP) is 3.56. The van der Waals surface area contributed by atoms with Crippen LogP contribution in [0.4, 0.5) is 0 Å².